The summed E-state index contributed by atoms with van der Waals surface area (Å²) in [7, 11) is 0. The molecule has 2 heterocycles. The van der Waals surface area contributed by atoms with Gasteiger partial charge in [-0.25, -0.2) is 9.78 Å². The summed E-state index contributed by atoms with van der Waals surface area (Å²) >= 11 is 1.14. The van der Waals surface area contributed by atoms with Crippen molar-refractivity contribution in [1.82, 2.24) is 4.98 Å². The molecule has 0 bridgehead atoms. The van der Waals surface area contributed by atoms with Crippen LogP contribution in [-0.2, 0) is 11.2 Å². The van der Waals surface area contributed by atoms with E-state index >= 15 is 0 Å². The Morgan fingerprint density at radius 3 is 2.53 bits per heavy atom. The Hall–Kier alpha value is -2.52. The minimum absolute atomic E-state index is 0.271. The molecule has 0 spiro atoms. The van der Waals surface area contributed by atoms with Gasteiger partial charge in [0.25, 0.3) is 0 Å². The van der Waals surface area contributed by atoms with Crippen molar-refractivity contribution in [3.63, 3.8) is 0 Å². The lowest BCUT2D eigenvalue weighted by molar-refractivity contribution is 0.0700. The van der Waals surface area contributed by atoms with Crippen LogP contribution in [0.15, 0.2) is 12.1 Å². The molecule has 0 radical (unpaired) electrons. The molecule has 2 N–H and O–H groups in total. The highest BCUT2D eigenvalue weighted by atomic mass is 32.1. The van der Waals surface area contributed by atoms with Crippen LogP contribution in [0, 0.1) is 0 Å². The van der Waals surface area contributed by atoms with Gasteiger partial charge in [0.2, 0.25) is 0 Å². The molecule has 1 aliphatic heterocycles. The summed E-state index contributed by atoms with van der Waals surface area (Å²) in [6.45, 7) is 9.84. The van der Waals surface area contributed by atoms with E-state index < -0.39 is 5.97 Å². The average Bonchev–Trinajstić information content (AvgIpc) is 3.14. The first-order valence-corrected chi connectivity index (χ1v) is 11.1. The highest BCUT2D eigenvalue weighted by Gasteiger charge is 2.21. The van der Waals surface area contributed by atoms with Gasteiger partial charge in [0.1, 0.15) is 16.4 Å². The van der Waals surface area contributed by atoms with Crippen LogP contribution in [0.2, 0.25) is 0 Å². The summed E-state index contributed by atoms with van der Waals surface area (Å²) in [5.74, 6) is 0.465. The zero-order valence-electron chi connectivity index (χ0n) is 17.7. The van der Waals surface area contributed by atoms with E-state index in [-0.39, 0.29) is 4.88 Å². The van der Waals surface area contributed by atoms with Gasteiger partial charge in [-0.15, -0.1) is 0 Å². The highest BCUT2D eigenvalue weighted by Crippen LogP contribution is 2.41. The molecule has 1 aromatic heterocycles. The molecule has 1 aliphatic rings. The number of hydrogen-bond acceptors (Lipinski definition) is 8. The van der Waals surface area contributed by atoms with Gasteiger partial charge < -0.3 is 29.5 Å². The smallest absolute Gasteiger partial charge is 0.347 e. The number of aryl methyl sites for hydroxylation is 1. The molecule has 2 aromatic rings. The molecule has 164 valence electrons. The van der Waals surface area contributed by atoms with Crippen LogP contribution in [0.5, 0.6) is 11.5 Å². The van der Waals surface area contributed by atoms with E-state index in [0.717, 1.165) is 42.3 Å². The van der Waals surface area contributed by atoms with E-state index in [1.54, 1.807) is 0 Å². The van der Waals surface area contributed by atoms with Crippen molar-refractivity contribution in [1.29, 1.82) is 0 Å². The molecule has 0 saturated carbocycles. The van der Waals surface area contributed by atoms with Crippen LogP contribution in [-0.4, -0.2) is 55.6 Å². The number of carbonyl (C=O) groups is 1. The van der Waals surface area contributed by atoms with Crippen molar-refractivity contribution < 1.29 is 24.1 Å². The van der Waals surface area contributed by atoms with Gasteiger partial charge >= 0.3 is 5.97 Å². The predicted octanol–water partition coefficient (Wildman–Crippen LogP) is 4.17. The Balaban J connectivity index is 1.97. The van der Waals surface area contributed by atoms with Gasteiger partial charge in [0.05, 0.1) is 43.5 Å². The first kappa shape index (κ1) is 22.2. The number of benzene rings is 1. The fourth-order valence-electron chi connectivity index (χ4n) is 3.34. The van der Waals surface area contributed by atoms with Crippen LogP contribution in [0.3, 0.4) is 0 Å². The lowest BCUT2D eigenvalue weighted by atomic mass is 10.2. The summed E-state index contributed by atoms with van der Waals surface area (Å²) in [5, 5.41) is 13.3. The Kier molecular flexibility index (Phi) is 7.75. The average molecular weight is 436 g/mol. The maximum absolute atomic E-state index is 11.6. The summed E-state index contributed by atoms with van der Waals surface area (Å²) in [6, 6.07) is 3.88. The van der Waals surface area contributed by atoms with Crippen LogP contribution >= 0.6 is 11.3 Å². The van der Waals surface area contributed by atoms with Crippen molar-refractivity contribution in [3.8, 4) is 11.5 Å². The van der Waals surface area contributed by atoms with E-state index in [1.807, 2.05) is 32.9 Å². The number of morpholine rings is 1. The highest BCUT2D eigenvalue weighted by molar-refractivity contribution is 7.17. The van der Waals surface area contributed by atoms with Crippen molar-refractivity contribution in [2.24, 2.45) is 0 Å². The third-order valence-corrected chi connectivity index (χ3v) is 5.63. The standard InChI is InChI=1S/C21H29N3O5S/c1-4-7-14-19(20(25)26)30-21(22-14)23-15-12-18(29-6-3)16(13-17(15)28-5-2)24-8-10-27-11-9-24/h12-13H,4-11H2,1-3H3,(H,22,23)(H,25,26). The zero-order valence-corrected chi connectivity index (χ0v) is 18.5. The Morgan fingerprint density at radius 2 is 1.90 bits per heavy atom. The molecule has 1 aromatic carbocycles. The van der Waals surface area contributed by atoms with Gasteiger partial charge in [0, 0.05) is 25.2 Å². The number of carboxylic acid groups (broad SMARTS) is 1. The van der Waals surface area contributed by atoms with E-state index in [0.29, 0.717) is 55.1 Å². The van der Waals surface area contributed by atoms with Crippen molar-refractivity contribution in [3.05, 3.63) is 22.7 Å². The zero-order chi connectivity index (χ0) is 21.5. The normalized spacial score (nSPS) is 13.9. The summed E-state index contributed by atoms with van der Waals surface area (Å²) < 4.78 is 17.3. The quantitative estimate of drug-likeness (QED) is 0.574. The van der Waals surface area contributed by atoms with Crippen LogP contribution in [0.1, 0.15) is 42.6 Å². The molecule has 0 amide bonds. The number of ether oxygens (including phenoxy) is 3. The number of aromatic carboxylic acids is 1. The van der Waals surface area contributed by atoms with E-state index in [2.05, 4.69) is 15.2 Å². The van der Waals surface area contributed by atoms with Crippen molar-refractivity contribution in [2.45, 2.75) is 33.6 Å². The van der Waals surface area contributed by atoms with E-state index in [1.165, 1.54) is 0 Å². The summed E-state index contributed by atoms with van der Waals surface area (Å²) in [5.41, 5.74) is 2.27. The Bertz CT molecular complexity index is 865. The fraction of sp³-hybridized carbons (Fsp3) is 0.524. The Morgan fingerprint density at radius 1 is 1.20 bits per heavy atom. The van der Waals surface area contributed by atoms with Gasteiger partial charge in [-0.2, -0.15) is 0 Å². The Labute approximate surface area is 180 Å². The first-order valence-electron chi connectivity index (χ1n) is 10.3. The minimum atomic E-state index is -0.952. The second-order valence-corrected chi connectivity index (χ2v) is 7.76. The second kappa shape index (κ2) is 10.5. The molecule has 1 saturated heterocycles. The summed E-state index contributed by atoms with van der Waals surface area (Å²) in [6.07, 6.45) is 1.45. The number of hydrogen-bond donors (Lipinski definition) is 2. The van der Waals surface area contributed by atoms with Crippen molar-refractivity contribution in [2.75, 3.05) is 49.7 Å². The van der Waals surface area contributed by atoms with Crippen molar-refractivity contribution >= 4 is 33.8 Å². The second-order valence-electron chi connectivity index (χ2n) is 6.76. The van der Waals surface area contributed by atoms with E-state index in [9.17, 15) is 9.90 Å². The number of thiazole rings is 1. The molecule has 30 heavy (non-hydrogen) atoms. The van der Waals surface area contributed by atoms with Crippen LogP contribution in [0.25, 0.3) is 0 Å². The number of aromatic nitrogens is 1. The topological polar surface area (TPSA) is 93.2 Å². The molecule has 8 nitrogen and oxygen atoms in total. The lowest BCUT2D eigenvalue weighted by Crippen LogP contribution is -2.36. The molecule has 0 unspecified atom stereocenters. The summed E-state index contributed by atoms with van der Waals surface area (Å²) in [4.78, 5) is 18.6. The third kappa shape index (κ3) is 5.14. The van der Waals surface area contributed by atoms with E-state index in [4.69, 9.17) is 14.2 Å². The third-order valence-electron chi connectivity index (χ3n) is 4.63. The number of carboxylic acids is 1. The van der Waals surface area contributed by atoms with Gasteiger partial charge in [-0.3, -0.25) is 0 Å². The SMILES string of the molecule is CCCc1nc(Nc2cc(OCC)c(N3CCOCC3)cc2OCC)sc1C(=O)O. The largest absolute Gasteiger partial charge is 0.492 e. The lowest BCUT2D eigenvalue weighted by Gasteiger charge is -2.31. The molecule has 0 aliphatic carbocycles. The first-order chi connectivity index (χ1) is 14.6. The van der Waals surface area contributed by atoms with Crippen LogP contribution < -0.4 is 19.7 Å². The molecule has 9 heteroatoms. The molecule has 1 fully saturated rings. The number of anilines is 3. The van der Waals surface area contributed by atoms with Gasteiger partial charge in [-0.05, 0) is 20.3 Å². The maximum atomic E-state index is 11.6. The number of nitrogens with zero attached hydrogens (tertiary/aromatic N) is 2. The maximum Gasteiger partial charge on any atom is 0.347 e. The van der Waals surface area contributed by atoms with Crippen LogP contribution in [0.4, 0.5) is 16.5 Å². The predicted molar refractivity (Wildman–Crippen MR) is 118 cm³/mol. The minimum Gasteiger partial charge on any atom is -0.492 e. The van der Waals surface area contributed by atoms with Gasteiger partial charge in [0.15, 0.2) is 5.13 Å². The number of nitrogens with one attached hydrogen (secondary N) is 1. The van der Waals surface area contributed by atoms with Gasteiger partial charge in [-0.1, -0.05) is 24.7 Å². The fourth-order valence-corrected chi connectivity index (χ4v) is 4.20. The molecule has 3 rings (SSSR count). The molecular formula is C21H29N3O5S. The monoisotopic (exact) mass is 435 g/mol. The molecule has 0 atom stereocenters. The number of rotatable bonds is 10. The molecular weight excluding hydrogens is 406 g/mol.